The highest BCUT2D eigenvalue weighted by Gasteiger charge is 2.27. The molecule has 16 heavy (non-hydrogen) atoms. The van der Waals surface area contributed by atoms with Crippen molar-refractivity contribution in [1.82, 2.24) is 4.98 Å². The van der Waals surface area contributed by atoms with Crippen LogP contribution in [0.15, 0.2) is 18.5 Å². The van der Waals surface area contributed by atoms with E-state index in [9.17, 15) is 0 Å². The maximum atomic E-state index is 5.52. The zero-order valence-corrected chi connectivity index (χ0v) is 9.92. The van der Waals surface area contributed by atoms with Crippen LogP contribution in [0.2, 0.25) is 0 Å². The van der Waals surface area contributed by atoms with Crippen molar-refractivity contribution in [3.05, 3.63) is 18.5 Å². The number of nitrogens with one attached hydrogen (secondary N) is 2. The Morgan fingerprint density at radius 3 is 2.88 bits per heavy atom. The standard InChI is InChI=1S/C12H19N3O/c1-12(4-3-5-16-9-12)15-11-6-10(13-2)7-14-8-11/h6-8,13,15H,3-5,9H2,1-2H3. The van der Waals surface area contributed by atoms with Crippen LogP contribution in [0.3, 0.4) is 0 Å². The quantitative estimate of drug-likeness (QED) is 0.820. The molecule has 0 aromatic carbocycles. The summed E-state index contributed by atoms with van der Waals surface area (Å²) < 4.78 is 5.52. The molecule has 1 aliphatic heterocycles. The first-order chi connectivity index (χ1) is 7.72. The van der Waals surface area contributed by atoms with Gasteiger partial charge >= 0.3 is 0 Å². The molecule has 2 rings (SSSR count). The zero-order chi connectivity index (χ0) is 11.4. The SMILES string of the molecule is CNc1cncc(NC2(C)CCCOC2)c1. The minimum atomic E-state index is 0.0340. The third-order valence-corrected chi connectivity index (χ3v) is 2.91. The van der Waals surface area contributed by atoms with E-state index in [1.165, 1.54) is 0 Å². The Morgan fingerprint density at radius 1 is 1.38 bits per heavy atom. The third-order valence-electron chi connectivity index (χ3n) is 2.91. The van der Waals surface area contributed by atoms with E-state index in [-0.39, 0.29) is 5.54 Å². The zero-order valence-electron chi connectivity index (χ0n) is 9.92. The summed E-state index contributed by atoms with van der Waals surface area (Å²) >= 11 is 0. The first-order valence-electron chi connectivity index (χ1n) is 5.71. The lowest BCUT2D eigenvalue weighted by Gasteiger charge is -2.35. The van der Waals surface area contributed by atoms with Crippen LogP contribution in [0, 0.1) is 0 Å². The van der Waals surface area contributed by atoms with E-state index in [0.29, 0.717) is 0 Å². The van der Waals surface area contributed by atoms with Crippen molar-refractivity contribution in [1.29, 1.82) is 0 Å². The highest BCUT2D eigenvalue weighted by Crippen LogP contribution is 2.24. The molecule has 1 aliphatic rings. The van der Waals surface area contributed by atoms with Gasteiger partial charge in [-0.2, -0.15) is 0 Å². The number of aromatic nitrogens is 1. The van der Waals surface area contributed by atoms with Gasteiger partial charge in [0.2, 0.25) is 0 Å². The van der Waals surface area contributed by atoms with Crippen molar-refractivity contribution in [2.45, 2.75) is 25.3 Å². The van der Waals surface area contributed by atoms with Gasteiger partial charge in [0, 0.05) is 13.7 Å². The second kappa shape index (κ2) is 4.70. The number of pyridine rings is 1. The Balaban J connectivity index is 2.07. The molecule has 2 heterocycles. The lowest BCUT2D eigenvalue weighted by Crippen LogP contribution is -2.43. The van der Waals surface area contributed by atoms with Crippen LogP contribution in [0.25, 0.3) is 0 Å². The molecule has 1 fully saturated rings. The van der Waals surface area contributed by atoms with E-state index >= 15 is 0 Å². The Kier molecular flexibility index (Phi) is 3.29. The van der Waals surface area contributed by atoms with Crippen molar-refractivity contribution in [3.63, 3.8) is 0 Å². The fraction of sp³-hybridized carbons (Fsp3) is 0.583. The van der Waals surface area contributed by atoms with Crippen molar-refractivity contribution in [2.24, 2.45) is 0 Å². The Bertz CT molecular complexity index is 348. The van der Waals surface area contributed by atoms with Gasteiger partial charge in [0.05, 0.1) is 35.9 Å². The number of hydrogen-bond acceptors (Lipinski definition) is 4. The fourth-order valence-corrected chi connectivity index (χ4v) is 2.03. The van der Waals surface area contributed by atoms with Gasteiger partial charge in [-0.3, -0.25) is 4.98 Å². The molecule has 1 atom stereocenters. The number of hydrogen-bond donors (Lipinski definition) is 2. The summed E-state index contributed by atoms with van der Waals surface area (Å²) in [5.41, 5.74) is 2.09. The van der Waals surface area contributed by atoms with Crippen LogP contribution >= 0.6 is 0 Å². The molecule has 0 bridgehead atoms. The summed E-state index contributed by atoms with van der Waals surface area (Å²) in [6.45, 7) is 3.83. The van der Waals surface area contributed by atoms with Crippen molar-refractivity contribution in [3.8, 4) is 0 Å². The highest BCUT2D eigenvalue weighted by atomic mass is 16.5. The molecule has 1 saturated heterocycles. The molecule has 88 valence electrons. The second-order valence-electron chi connectivity index (χ2n) is 4.55. The molecule has 4 nitrogen and oxygen atoms in total. The molecule has 4 heteroatoms. The molecule has 0 aliphatic carbocycles. The molecular weight excluding hydrogens is 202 g/mol. The second-order valence-corrected chi connectivity index (χ2v) is 4.55. The molecule has 0 amide bonds. The van der Waals surface area contributed by atoms with Gasteiger partial charge in [0.25, 0.3) is 0 Å². The number of nitrogens with zero attached hydrogens (tertiary/aromatic N) is 1. The van der Waals surface area contributed by atoms with Gasteiger partial charge < -0.3 is 15.4 Å². The minimum absolute atomic E-state index is 0.0340. The first-order valence-corrected chi connectivity index (χ1v) is 5.71. The maximum absolute atomic E-state index is 5.52. The maximum Gasteiger partial charge on any atom is 0.0693 e. The van der Waals surface area contributed by atoms with Gasteiger partial charge in [-0.15, -0.1) is 0 Å². The van der Waals surface area contributed by atoms with Gasteiger partial charge in [-0.1, -0.05) is 0 Å². The van der Waals surface area contributed by atoms with Crippen LogP contribution < -0.4 is 10.6 Å². The molecule has 1 aromatic rings. The van der Waals surface area contributed by atoms with Crippen LogP contribution in [-0.2, 0) is 4.74 Å². The van der Waals surface area contributed by atoms with E-state index in [0.717, 1.165) is 37.4 Å². The first kappa shape index (κ1) is 11.2. The molecule has 2 N–H and O–H groups in total. The van der Waals surface area contributed by atoms with E-state index in [1.807, 2.05) is 19.4 Å². The summed E-state index contributed by atoms with van der Waals surface area (Å²) in [5.74, 6) is 0. The Labute approximate surface area is 96.4 Å². The van der Waals surface area contributed by atoms with E-state index in [2.05, 4.69) is 28.6 Å². The average Bonchev–Trinajstić information content (AvgIpc) is 2.29. The molecular formula is C12H19N3O. The molecule has 0 radical (unpaired) electrons. The van der Waals surface area contributed by atoms with Crippen LogP contribution in [0.1, 0.15) is 19.8 Å². The number of ether oxygens (including phenoxy) is 1. The van der Waals surface area contributed by atoms with Gasteiger partial charge in [-0.25, -0.2) is 0 Å². The van der Waals surface area contributed by atoms with E-state index < -0.39 is 0 Å². The average molecular weight is 221 g/mol. The van der Waals surface area contributed by atoms with Gasteiger partial charge in [0.15, 0.2) is 0 Å². The molecule has 0 saturated carbocycles. The van der Waals surface area contributed by atoms with Crippen molar-refractivity contribution in [2.75, 3.05) is 30.9 Å². The van der Waals surface area contributed by atoms with Gasteiger partial charge in [0.1, 0.15) is 0 Å². The van der Waals surface area contributed by atoms with E-state index in [1.54, 1.807) is 0 Å². The van der Waals surface area contributed by atoms with Crippen LogP contribution in [-0.4, -0.2) is 30.8 Å². The summed E-state index contributed by atoms with van der Waals surface area (Å²) in [4.78, 5) is 4.19. The topological polar surface area (TPSA) is 46.2 Å². The van der Waals surface area contributed by atoms with Crippen LogP contribution in [0.5, 0.6) is 0 Å². The molecule has 0 spiro atoms. The Morgan fingerprint density at radius 2 is 2.19 bits per heavy atom. The minimum Gasteiger partial charge on any atom is -0.387 e. The van der Waals surface area contributed by atoms with Crippen LogP contribution in [0.4, 0.5) is 11.4 Å². The molecule has 1 unspecified atom stereocenters. The number of rotatable bonds is 3. The largest absolute Gasteiger partial charge is 0.387 e. The van der Waals surface area contributed by atoms with Crippen molar-refractivity contribution >= 4 is 11.4 Å². The Hall–Kier alpha value is -1.29. The van der Waals surface area contributed by atoms with E-state index in [4.69, 9.17) is 4.74 Å². The van der Waals surface area contributed by atoms with Gasteiger partial charge in [-0.05, 0) is 25.8 Å². The third kappa shape index (κ3) is 2.64. The normalized spacial score (nSPS) is 25.1. The summed E-state index contributed by atoms with van der Waals surface area (Å²) in [6.07, 6.45) is 5.91. The predicted octanol–water partition coefficient (Wildman–Crippen LogP) is 2.10. The summed E-state index contributed by atoms with van der Waals surface area (Å²) in [6, 6.07) is 2.06. The smallest absolute Gasteiger partial charge is 0.0693 e. The fourth-order valence-electron chi connectivity index (χ4n) is 2.03. The lowest BCUT2D eigenvalue weighted by molar-refractivity contribution is 0.0540. The summed E-state index contributed by atoms with van der Waals surface area (Å²) in [7, 11) is 1.90. The lowest BCUT2D eigenvalue weighted by atomic mass is 9.94. The number of anilines is 2. The molecule has 1 aromatic heterocycles. The van der Waals surface area contributed by atoms with Crippen molar-refractivity contribution < 1.29 is 4.74 Å². The predicted molar refractivity (Wildman–Crippen MR) is 65.9 cm³/mol. The highest BCUT2D eigenvalue weighted by molar-refractivity contribution is 5.54. The summed E-state index contributed by atoms with van der Waals surface area (Å²) in [5, 5.41) is 6.59. The monoisotopic (exact) mass is 221 g/mol.